The molecule has 1 fully saturated rings. The molecule has 1 aliphatic rings. The molecule has 0 saturated heterocycles. The van der Waals surface area contributed by atoms with Crippen LogP contribution in [0.2, 0.25) is 0 Å². The van der Waals surface area contributed by atoms with Crippen molar-refractivity contribution in [1.82, 2.24) is 9.21 Å². The summed E-state index contributed by atoms with van der Waals surface area (Å²) in [5.74, 6) is -0.577. The summed E-state index contributed by atoms with van der Waals surface area (Å²) in [5, 5.41) is 0. The summed E-state index contributed by atoms with van der Waals surface area (Å²) in [6.45, 7) is 2.00. The van der Waals surface area contributed by atoms with Crippen molar-refractivity contribution in [3.05, 3.63) is 65.5 Å². The lowest BCUT2D eigenvalue weighted by atomic mass is 10.2. The maximum Gasteiger partial charge on any atom is 0.243 e. The van der Waals surface area contributed by atoms with Crippen LogP contribution >= 0.6 is 0 Å². The van der Waals surface area contributed by atoms with Gasteiger partial charge < -0.3 is 4.90 Å². The number of amides is 1. The van der Waals surface area contributed by atoms with Gasteiger partial charge in [-0.15, -0.1) is 0 Å². The molecule has 7 heteroatoms. The summed E-state index contributed by atoms with van der Waals surface area (Å²) >= 11 is 0. The number of hydrogen-bond acceptors (Lipinski definition) is 3. The minimum atomic E-state index is -3.73. The van der Waals surface area contributed by atoms with Crippen LogP contribution in [0.15, 0.2) is 53.4 Å². The molecule has 1 aliphatic carbocycles. The van der Waals surface area contributed by atoms with Gasteiger partial charge in [-0.2, -0.15) is 4.31 Å². The molecule has 0 unspecified atom stereocenters. The topological polar surface area (TPSA) is 57.7 Å². The second-order valence-corrected chi connectivity index (χ2v) is 9.00. The van der Waals surface area contributed by atoms with Crippen LogP contribution in [0, 0.1) is 12.7 Å². The van der Waals surface area contributed by atoms with E-state index in [-0.39, 0.29) is 29.2 Å². The molecule has 0 bridgehead atoms. The SMILES string of the molecule is Cc1ccc(S(=O)(=O)N(C)CC(=O)N(Cc2ccc(F)cc2)C2CC2)cc1. The average molecular weight is 390 g/mol. The zero-order valence-corrected chi connectivity index (χ0v) is 16.2. The third kappa shape index (κ3) is 4.73. The molecule has 2 aromatic carbocycles. The molecule has 1 saturated carbocycles. The van der Waals surface area contributed by atoms with Crippen LogP contribution < -0.4 is 0 Å². The summed E-state index contributed by atoms with van der Waals surface area (Å²) in [4.78, 5) is 14.6. The van der Waals surface area contributed by atoms with E-state index in [0.717, 1.165) is 28.3 Å². The highest BCUT2D eigenvalue weighted by molar-refractivity contribution is 7.89. The lowest BCUT2D eigenvalue weighted by Crippen LogP contribution is -2.41. The number of benzene rings is 2. The Bertz CT molecular complexity index is 907. The highest BCUT2D eigenvalue weighted by Gasteiger charge is 2.34. The van der Waals surface area contributed by atoms with E-state index in [2.05, 4.69) is 0 Å². The van der Waals surface area contributed by atoms with Crippen molar-refractivity contribution in [2.45, 2.75) is 37.2 Å². The minimum Gasteiger partial charge on any atom is -0.334 e. The second-order valence-electron chi connectivity index (χ2n) is 6.95. The number of carbonyl (C=O) groups is 1. The van der Waals surface area contributed by atoms with Gasteiger partial charge in [-0.1, -0.05) is 29.8 Å². The van der Waals surface area contributed by atoms with E-state index in [1.165, 1.54) is 19.2 Å². The summed E-state index contributed by atoms with van der Waals surface area (Å²) in [7, 11) is -2.32. The molecule has 0 radical (unpaired) electrons. The monoisotopic (exact) mass is 390 g/mol. The molecule has 2 aromatic rings. The fraction of sp³-hybridized carbons (Fsp3) is 0.350. The Morgan fingerprint density at radius 2 is 1.67 bits per heavy atom. The molecule has 0 spiro atoms. The number of likely N-dealkylation sites (N-methyl/N-ethyl adjacent to an activating group) is 1. The first-order chi connectivity index (χ1) is 12.8. The highest BCUT2D eigenvalue weighted by Crippen LogP contribution is 2.29. The number of nitrogens with zero attached hydrogens (tertiary/aromatic N) is 2. The van der Waals surface area contributed by atoms with Crippen LogP contribution in [0.3, 0.4) is 0 Å². The second kappa shape index (κ2) is 7.78. The van der Waals surface area contributed by atoms with E-state index in [1.54, 1.807) is 41.3 Å². The van der Waals surface area contributed by atoms with Crippen molar-refractivity contribution in [2.75, 3.05) is 13.6 Å². The summed E-state index contributed by atoms with van der Waals surface area (Å²) in [5.41, 5.74) is 1.78. The van der Waals surface area contributed by atoms with Crippen molar-refractivity contribution in [3.63, 3.8) is 0 Å². The Morgan fingerprint density at radius 1 is 1.07 bits per heavy atom. The molecule has 5 nitrogen and oxygen atoms in total. The zero-order chi connectivity index (χ0) is 19.6. The van der Waals surface area contributed by atoms with Gasteiger partial charge in [0.1, 0.15) is 5.82 Å². The molecule has 0 aromatic heterocycles. The van der Waals surface area contributed by atoms with E-state index < -0.39 is 10.0 Å². The molecule has 1 amide bonds. The summed E-state index contributed by atoms with van der Waals surface area (Å²) in [6, 6.07) is 12.7. The quantitative estimate of drug-likeness (QED) is 0.730. The first kappa shape index (κ1) is 19.5. The predicted octanol–water partition coefficient (Wildman–Crippen LogP) is 2.95. The van der Waals surface area contributed by atoms with Gasteiger partial charge in [0, 0.05) is 19.6 Å². The Kier molecular flexibility index (Phi) is 5.62. The van der Waals surface area contributed by atoms with Crippen molar-refractivity contribution in [1.29, 1.82) is 0 Å². The van der Waals surface area contributed by atoms with E-state index >= 15 is 0 Å². The van der Waals surface area contributed by atoms with Gasteiger partial charge in [0.25, 0.3) is 0 Å². The molecular formula is C20H23FN2O3S. The van der Waals surface area contributed by atoms with E-state index in [9.17, 15) is 17.6 Å². The van der Waals surface area contributed by atoms with E-state index in [1.807, 2.05) is 6.92 Å². The van der Waals surface area contributed by atoms with Crippen molar-refractivity contribution >= 4 is 15.9 Å². The van der Waals surface area contributed by atoms with Crippen molar-refractivity contribution in [2.24, 2.45) is 0 Å². The van der Waals surface area contributed by atoms with Gasteiger partial charge >= 0.3 is 0 Å². The van der Waals surface area contributed by atoms with Crippen LogP contribution in [-0.4, -0.2) is 43.2 Å². The van der Waals surface area contributed by atoms with E-state index in [4.69, 9.17) is 0 Å². The smallest absolute Gasteiger partial charge is 0.243 e. The Balaban J connectivity index is 1.71. The van der Waals surface area contributed by atoms with Gasteiger partial charge in [-0.3, -0.25) is 4.79 Å². The summed E-state index contributed by atoms with van der Waals surface area (Å²) < 4.78 is 39.6. The zero-order valence-electron chi connectivity index (χ0n) is 15.4. The highest BCUT2D eigenvalue weighted by atomic mass is 32.2. The number of hydrogen-bond donors (Lipinski definition) is 0. The first-order valence-corrected chi connectivity index (χ1v) is 10.3. The lowest BCUT2D eigenvalue weighted by Gasteiger charge is -2.25. The molecule has 144 valence electrons. The van der Waals surface area contributed by atoms with Crippen molar-refractivity contribution < 1.29 is 17.6 Å². The largest absolute Gasteiger partial charge is 0.334 e. The number of carbonyl (C=O) groups excluding carboxylic acids is 1. The normalized spacial score (nSPS) is 14.4. The Hall–Kier alpha value is -2.25. The maximum atomic E-state index is 13.1. The van der Waals surface area contributed by atoms with Crippen LogP contribution in [0.25, 0.3) is 0 Å². The molecule has 0 heterocycles. The minimum absolute atomic E-state index is 0.123. The lowest BCUT2D eigenvalue weighted by molar-refractivity contribution is -0.132. The van der Waals surface area contributed by atoms with Crippen LogP contribution in [0.1, 0.15) is 24.0 Å². The van der Waals surface area contributed by atoms with E-state index in [0.29, 0.717) is 6.54 Å². The third-order valence-electron chi connectivity index (χ3n) is 4.66. The first-order valence-electron chi connectivity index (χ1n) is 8.84. The van der Waals surface area contributed by atoms with Gasteiger partial charge in [0.2, 0.25) is 15.9 Å². The molecule has 3 rings (SSSR count). The van der Waals surface area contributed by atoms with Crippen LogP contribution in [-0.2, 0) is 21.4 Å². The number of aryl methyl sites for hydroxylation is 1. The number of sulfonamides is 1. The predicted molar refractivity (Wildman–Crippen MR) is 101 cm³/mol. The molecular weight excluding hydrogens is 367 g/mol. The van der Waals surface area contributed by atoms with Crippen LogP contribution in [0.4, 0.5) is 4.39 Å². The average Bonchev–Trinajstić information content (AvgIpc) is 3.46. The fourth-order valence-electron chi connectivity index (χ4n) is 2.85. The number of rotatable bonds is 7. The van der Waals surface area contributed by atoms with Gasteiger partial charge in [0.05, 0.1) is 11.4 Å². The molecule has 0 N–H and O–H groups in total. The van der Waals surface area contributed by atoms with Gasteiger partial charge in [-0.25, -0.2) is 12.8 Å². The third-order valence-corrected chi connectivity index (χ3v) is 6.48. The molecule has 0 atom stereocenters. The summed E-state index contributed by atoms with van der Waals surface area (Å²) in [6.07, 6.45) is 1.81. The molecule has 0 aliphatic heterocycles. The Labute approximate surface area is 159 Å². The van der Waals surface area contributed by atoms with Gasteiger partial charge in [0.15, 0.2) is 0 Å². The fourth-order valence-corrected chi connectivity index (χ4v) is 3.97. The van der Waals surface area contributed by atoms with Gasteiger partial charge in [-0.05, 0) is 49.6 Å². The maximum absolute atomic E-state index is 13.1. The van der Waals surface area contributed by atoms with Crippen molar-refractivity contribution in [3.8, 4) is 0 Å². The Morgan fingerprint density at radius 3 is 2.22 bits per heavy atom. The molecule has 27 heavy (non-hydrogen) atoms. The standard InChI is InChI=1S/C20H23FN2O3S/c1-15-3-11-19(12-4-15)27(25,26)22(2)14-20(24)23(18-9-10-18)13-16-5-7-17(21)8-6-16/h3-8,11-12,18H,9-10,13-14H2,1-2H3. The number of halogens is 1. The van der Waals surface area contributed by atoms with Crippen LogP contribution in [0.5, 0.6) is 0 Å².